The standard InChI is InChI=1S/C18H15N5O3S/c1-27(25,26)15-5-2-13(3-6-15)18(24)21-16-11-23-10-14(4-7-17(23)20-16)22-9-8-19-12-22/h2-12H,1H3,(H,21,24). The molecular formula is C18H15N5O3S. The summed E-state index contributed by atoms with van der Waals surface area (Å²) >= 11 is 0. The predicted molar refractivity (Wildman–Crippen MR) is 99.8 cm³/mol. The Bertz CT molecular complexity index is 1230. The first-order valence-corrected chi connectivity index (χ1v) is 9.88. The number of rotatable bonds is 4. The number of carbonyl (C=O) groups excluding carboxylic acids is 1. The molecule has 4 rings (SSSR count). The summed E-state index contributed by atoms with van der Waals surface area (Å²) in [6.07, 6.45) is 9.93. The van der Waals surface area contributed by atoms with Crippen LogP contribution in [0, 0.1) is 0 Å². The summed E-state index contributed by atoms with van der Waals surface area (Å²) < 4.78 is 26.7. The molecule has 0 saturated carbocycles. The Labute approximate surface area is 155 Å². The molecule has 0 atom stereocenters. The molecule has 1 N–H and O–H groups in total. The number of anilines is 1. The van der Waals surface area contributed by atoms with Gasteiger partial charge in [0.2, 0.25) is 0 Å². The number of nitrogens with zero attached hydrogens (tertiary/aromatic N) is 4. The van der Waals surface area contributed by atoms with E-state index in [9.17, 15) is 13.2 Å². The Hall–Kier alpha value is -3.46. The molecule has 4 aromatic rings. The highest BCUT2D eigenvalue weighted by Gasteiger charge is 2.12. The Balaban J connectivity index is 1.57. The van der Waals surface area contributed by atoms with E-state index in [4.69, 9.17) is 0 Å². The van der Waals surface area contributed by atoms with Crippen molar-refractivity contribution in [2.75, 3.05) is 11.6 Å². The van der Waals surface area contributed by atoms with Gasteiger partial charge in [-0.05, 0) is 36.4 Å². The van der Waals surface area contributed by atoms with Gasteiger partial charge >= 0.3 is 0 Å². The molecule has 1 amide bonds. The molecular weight excluding hydrogens is 366 g/mol. The van der Waals surface area contributed by atoms with Crippen LogP contribution in [0.15, 0.2) is 72.4 Å². The van der Waals surface area contributed by atoms with E-state index in [1.54, 1.807) is 23.1 Å². The van der Waals surface area contributed by atoms with Crippen molar-refractivity contribution in [3.63, 3.8) is 0 Å². The van der Waals surface area contributed by atoms with Crippen molar-refractivity contribution in [3.8, 4) is 5.69 Å². The molecule has 0 aliphatic carbocycles. The summed E-state index contributed by atoms with van der Waals surface area (Å²) in [5.41, 5.74) is 1.94. The molecule has 0 aliphatic rings. The first-order chi connectivity index (χ1) is 12.9. The van der Waals surface area contributed by atoms with E-state index in [0.717, 1.165) is 11.9 Å². The summed E-state index contributed by atoms with van der Waals surface area (Å²) in [6.45, 7) is 0. The lowest BCUT2D eigenvalue weighted by molar-refractivity contribution is 0.102. The molecule has 0 saturated heterocycles. The lowest BCUT2D eigenvalue weighted by atomic mass is 10.2. The first-order valence-electron chi connectivity index (χ1n) is 7.99. The number of fused-ring (bicyclic) bond motifs is 1. The quantitative estimate of drug-likeness (QED) is 0.584. The molecule has 0 fully saturated rings. The zero-order valence-corrected chi connectivity index (χ0v) is 15.1. The monoisotopic (exact) mass is 381 g/mol. The van der Waals surface area contributed by atoms with Crippen molar-refractivity contribution in [1.82, 2.24) is 18.9 Å². The van der Waals surface area contributed by atoms with Gasteiger partial charge in [0.1, 0.15) is 5.65 Å². The van der Waals surface area contributed by atoms with Crippen LogP contribution >= 0.6 is 0 Å². The molecule has 1 aromatic carbocycles. The molecule has 27 heavy (non-hydrogen) atoms. The number of aromatic nitrogens is 4. The van der Waals surface area contributed by atoms with Crippen molar-refractivity contribution >= 4 is 27.2 Å². The van der Waals surface area contributed by atoms with Crippen molar-refractivity contribution in [2.45, 2.75) is 4.90 Å². The largest absolute Gasteiger partial charge is 0.305 e. The van der Waals surface area contributed by atoms with Crippen LogP contribution in [0.3, 0.4) is 0 Å². The van der Waals surface area contributed by atoms with Crippen LogP contribution in [0.1, 0.15) is 10.4 Å². The highest BCUT2D eigenvalue weighted by atomic mass is 32.2. The lowest BCUT2D eigenvalue weighted by Crippen LogP contribution is -2.12. The van der Waals surface area contributed by atoms with E-state index in [0.29, 0.717) is 17.0 Å². The van der Waals surface area contributed by atoms with Gasteiger partial charge in [-0.25, -0.2) is 18.4 Å². The second kappa shape index (κ2) is 6.36. The van der Waals surface area contributed by atoms with Crippen molar-refractivity contribution in [2.24, 2.45) is 0 Å². The van der Waals surface area contributed by atoms with E-state index in [-0.39, 0.29) is 10.8 Å². The normalized spacial score (nSPS) is 11.6. The Kier molecular flexibility index (Phi) is 4.00. The van der Waals surface area contributed by atoms with Crippen molar-refractivity contribution < 1.29 is 13.2 Å². The molecule has 3 aromatic heterocycles. The van der Waals surface area contributed by atoms with Gasteiger partial charge in [-0.1, -0.05) is 0 Å². The van der Waals surface area contributed by atoms with E-state index in [1.165, 1.54) is 24.3 Å². The van der Waals surface area contributed by atoms with Crippen LogP contribution in [0.5, 0.6) is 0 Å². The van der Waals surface area contributed by atoms with Crippen molar-refractivity contribution in [1.29, 1.82) is 0 Å². The summed E-state index contributed by atoms with van der Waals surface area (Å²) in [5.74, 6) is 0.0308. The van der Waals surface area contributed by atoms with Crippen LogP contribution in [-0.4, -0.2) is 39.5 Å². The van der Waals surface area contributed by atoms with Crippen LogP contribution < -0.4 is 5.32 Å². The lowest BCUT2D eigenvalue weighted by Gasteiger charge is -2.03. The Morgan fingerprint density at radius 2 is 1.85 bits per heavy atom. The average Bonchev–Trinajstić information content (AvgIpc) is 3.29. The third kappa shape index (κ3) is 3.44. The summed E-state index contributed by atoms with van der Waals surface area (Å²) in [7, 11) is -3.30. The van der Waals surface area contributed by atoms with E-state index >= 15 is 0 Å². The number of carbonyl (C=O) groups is 1. The smallest absolute Gasteiger partial charge is 0.256 e. The fraction of sp³-hybridized carbons (Fsp3) is 0.0556. The van der Waals surface area contributed by atoms with Crippen LogP contribution in [-0.2, 0) is 9.84 Å². The second-order valence-electron chi connectivity index (χ2n) is 6.00. The van der Waals surface area contributed by atoms with Crippen LogP contribution in [0.4, 0.5) is 5.82 Å². The maximum atomic E-state index is 12.4. The Morgan fingerprint density at radius 1 is 1.07 bits per heavy atom. The third-order valence-electron chi connectivity index (χ3n) is 4.02. The van der Waals surface area contributed by atoms with Gasteiger partial charge in [0.15, 0.2) is 15.7 Å². The van der Waals surface area contributed by atoms with Gasteiger partial charge < -0.3 is 14.3 Å². The van der Waals surface area contributed by atoms with E-state index in [2.05, 4.69) is 15.3 Å². The minimum Gasteiger partial charge on any atom is -0.305 e. The zero-order chi connectivity index (χ0) is 19.0. The molecule has 0 aliphatic heterocycles. The van der Waals surface area contributed by atoms with Gasteiger partial charge in [0, 0.05) is 30.4 Å². The molecule has 136 valence electrons. The molecule has 0 unspecified atom stereocenters. The third-order valence-corrected chi connectivity index (χ3v) is 5.15. The number of imidazole rings is 2. The number of sulfone groups is 1. The molecule has 0 bridgehead atoms. The molecule has 8 nitrogen and oxygen atoms in total. The number of amides is 1. The van der Waals surface area contributed by atoms with Gasteiger partial charge in [-0.3, -0.25) is 4.79 Å². The Morgan fingerprint density at radius 3 is 2.52 bits per heavy atom. The SMILES string of the molecule is CS(=O)(=O)c1ccc(C(=O)Nc2cn3cc(-n4ccnc4)ccc3n2)cc1. The highest BCUT2D eigenvalue weighted by molar-refractivity contribution is 7.90. The summed E-state index contributed by atoms with van der Waals surface area (Å²) in [5, 5.41) is 2.72. The van der Waals surface area contributed by atoms with Crippen molar-refractivity contribution in [3.05, 3.63) is 73.1 Å². The molecule has 0 spiro atoms. The number of nitrogens with one attached hydrogen (secondary N) is 1. The maximum Gasteiger partial charge on any atom is 0.256 e. The second-order valence-corrected chi connectivity index (χ2v) is 8.02. The fourth-order valence-corrected chi connectivity index (χ4v) is 3.28. The van der Waals surface area contributed by atoms with Gasteiger partial charge in [0.25, 0.3) is 5.91 Å². The zero-order valence-electron chi connectivity index (χ0n) is 14.3. The average molecular weight is 381 g/mol. The molecule has 9 heteroatoms. The van der Waals surface area contributed by atoms with Gasteiger partial charge in [-0.2, -0.15) is 0 Å². The number of hydrogen-bond acceptors (Lipinski definition) is 5. The van der Waals surface area contributed by atoms with Crippen LogP contribution in [0.2, 0.25) is 0 Å². The minimum atomic E-state index is -3.30. The summed E-state index contributed by atoms with van der Waals surface area (Å²) in [4.78, 5) is 20.9. The van der Waals surface area contributed by atoms with Gasteiger partial charge in [0.05, 0.1) is 23.1 Å². The first kappa shape index (κ1) is 17.0. The summed E-state index contributed by atoms with van der Waals surface area (Å²) in [6, 6.07) is 9.50. The van der Waals surface area contributed by atoms with E-state index in [1.807, 2.05) is 29.1 Å². The number of pyridine rings is 1. The molecule has 0 radical (unpaired) electrons. The number of benzene rings is 1. The van der Waals surface area contributed by atoms with E-state index < -0.39 is 9.84 Å². The fourth-order valence-electron chi connectivity index (χ4n) is 2.65. The van der Waals surface area contributed by atoms with Crippen LogP contribution in [0.25, 0.3) is 11.3 Å². The molecule has 3 heterocycles. The number of hydrogen-bond donors (Lipinski definition) is 1. The topological polar surface area (TPSA) is 98.4 Å². The minimum absolute atomic E-state index is 0.166. The predicted octanol–water partition coefficient (Wildman–Crippen LogP) is 2.18. The van der Waals surface area contributed by atoms with Gasteiger partial charge in [-0.15, -0.1) is 0 Å². The maximum absolute atomic E-state index is 12.4. The highest BCUT2D eigenvalue weighted by Crippen LogP contribution is 2.16.